The highest BCUT2D eigenvalue weighted by Gasteiger charge is 2.29. The highest BCUT2D eigenvalue weighted by atomic mass is 19.1. The molecule has 0 aromatic heterocycles. The van der Waals surface area contributed by atoms with Gasteiger partial charge in [-0.25, -0.2) is 13.6 Å². The molecule has 0 aliphatic carbocycles. The maximum Gasteiger partial charge on any atom is 0.322 e. The standard InChI is InChI=1S/C35H43F2N5O6/c1-4-5-15-42(35(45)40-30-20-27(33(38)43)28(36)21-29(30)37)25-12-16-41(17-13-25)22-23-6-9-26(10-7-23)48-31-11-8-24(19-32(31)47-3)34(44)39-14-18-46-2/h6-11,19-21,25H,4-5,12-18,22H2,1-3H3,(H2,38,43)(H,39,44)(H,40,45). The predicted octanol–water partition coefficient (Wildman–Crippen LogP) is 5.54. The number of methoxy groups -OCH3 is 2. The largest absolute Gasteiger partial charge is 0.493 e. The molecule has 0 unspecified atom stereocenters. The van der Waals surface area contributed by atoms with Gasteiger partial charge in [-0.1, -0.05) is 25.5 Å². The van der Waals surface area contributed by atoms with Crippen LogP contribution in [0.4, 0.5) is 19.3 Å². The number of hydrogen-bond donors (Lipinski definition) is 3. The zero-order valence-corrected chi connectivity index (χ0v) is 27.5. The Kier molecular flexibility index (Phi) is 13.1. The van der Waals surface area contributed by atoms with Crippen molar-refractivity contribution in [1.29, 1.82) is 0 Å². The number of carbonyl (C=O) groups excluding carboxylic acids is 3. The first-order chi connectivity index (χ1) is 23.1. The minimum atomic E-state index is -1.08. The summed E-state index contributed by atoms with van der Waals surface area (Å²) in [5, 5.41) is 5.30. The van der Waals surface area contributed by atoms with Gasteiger partial charge in [0.25, 0.3) is 11.8 Å². The first-order valence-corrected chi connectivity index (χ1v) is 15.9. The molecule has 1 saturated heterocycles. The minimum Gasteiger partial charge on any atom is -0.493 e. The molecule has 0 atom stereocenters. The summed E-state index contributed by atoms with van der Waals surface area (Å²) in [7, 11) is 3.09. The summed E-state index contributed by atoms with van der Waals surface area (Å²) in [6.45, 7) is 5.52. The van der Waals surface area contributed by atoms with E-state index in [1.54, 1.807) is 30.2 Å². The first kappa shape index (κ1) is 36.1. The van der Waals surface area contributed by atoms with Crippen molar-refractivity contribution in [3.63, 3.8) is 0 Å². The molecule has 1 fully saturated rings. The van der Waals surface area contributed by atoms with Crippen LogP contribution in [0.15, 0.2) is 54.6 Å². The third-order valence-corrected chi connectivity index (χ3v) is 8.15. The number of hydrogen-bond acceptors (Lipinski definition) is 7. The number of unbranched alkanes of at least 4 members (excludes halogenated alkanes) is 1. The van der Waals surface area contributed by atoms with Crippen LogP contribution in [0.3, 0.4) is 0 Å². The van der Waals surface area contributed by atoms with Gasteiger partial charge in [0.1, 0.15) is 17.4 Å². The van der Waals surface area contributed by atoms with Crippen molar-refractivity contribution in [2.24, 2.45) is 5.73 Å². The Labute approximate surface area is 279 Å². The molecule has 1 heterocycles. The molecular formula is C35H43F2N5O6. The van der Waals surface area contributed by atoms with Crippen LogP contribution in [0.25, 0.3) is 0 Å². The molecular weight excluding hydrogens is 624 g/mol. The quantitative estimate of drug-likeness (QED) is 0.181. The Bertz CT molecular complexity index is 1560. The summed E-state index contributed by atoms with van der Waals surface area (Å²) in [6.07, 6.45) is 3.07. The van der Waals surface area contributed by atoms with Gasteiger partial charge >= 0.3 is 6.03 Å². The van der Waals surface area contributed by atoms with Crippen LogP contribution < -0.4 is 25.8 Å². The summed E-state index contributed by atoms with van der Waals surface area (Å²) in [4.78, 5) is 41.2. The van der Waals surface area contributed by atoms with Crippen LogP contribution in [-0.2, 0) is 11.3 Å². The Morgan fingerprint density at radius 2 is 1.71 bits per heavy atom. The molecule has 3 aromatic carbocycles. The average molecular weight is 668 g/mol. The number of halogens is 2. The lowest BCUT2D eigenvalue weighted by Gasteiger charge is -2.38. The van der Waals surface area contributed by atoms with Crippen molar-refractivity contribution in [1.82, 2.24) is 15.1 Å². The van der Waals surface area contributed by atoms with Gasteiger partial charge in [-0.3, -0.25) is 14.5 Å². The number of ether oxygens (including phenoxy) is 3. The summed E-state index contributed by atoms with van der Waals surface area (Å²) >= 11 is 0. The van der Waals surface area contributed by atoms with E-state index in [1.807, 2.05) is 31.2 Å². The van der Waals surface area contributed by atoms with Crippen LogP contribution in [0.1, 0.15) is 58.9 Å². The topological polar surface area (TPSA) is 135 Å². The third-order valence-electron chi connectivity index (χ3n) is 8.15. The lowest BCUT2D eigenvalue weighted by molar-refractivity contribution is 0.0935. The number of nitrogens with two attached hydrogens (primary N) is 1. The number of nitrogens with one attached hydrogen (secondary N) is 2. The molecule has 0 bridgehead atoms. The molecule has 4 amide bonds. The minimum absolute atomic E-state index is 0.0690. The van der Waals surface area contributed by atoms with Crippen molar-refractivity contribution in [2.45, 2.75) is 45.2 Å². The van der Waals surface area contributed by atoms with E-state index in [2.05, 4.69) is 15.5 Å². The van der Waals surface area contributed by atoms with Gasteiger partial charge in [-0.05, 0) is 61.2 Å². The molecule has 11 nitrogen and oxygen atoms in total. The van der Waals surface area contributed by atoms with Crippen molar-refractivity contribution in [3.8, 4) is 17.2 Å². The highest BCUT2D eigenvalue weighted by molar-refractivity contribution is 5.96. The van der Waals surface area contributed by atoms with Gasteiger partial charge in [-0.15, -0.1) is 0 Å². The van der Waals surface area contributed by atoms with Gasteiger partial charge in [0.05, 0.1) is 25.0 Å². The van der Waals surface area contributed by atoms with Crippen LogP contribution in [0.2, 0.25) is 0 Å². The van der Waals surface area contributed by atoms with E-state index in [4.69, 9.17) is 19.9 Å². The maximum absolute atomic E-state index is 14.5. The van der Waals surface area contributed by atoms with Crippen molar-refractivity contribution in [2.75, 3.05) is 52.3 Å². The highest BCUT2D eigenvalue weighted by Crippen LogP contribution is 2.33. The number of carbonyl (C=O) groups is 3. The molecule has 4 N–H and O–H groups in total. The van der Waals surface area contributed by atoms with E-state index in [9.17, 15) is 23.2 Å². The first-order valence-electron chi connectivity index (χ1n) is 15.9. The van der Waals surface area contributed by atoms with Gasteiger partial charge in [0, 0.05) is 57.5 Å². The van der Waals surface area contributed by atoms with Crippen LogP contribution in [0, 0.1) is 11.6 Å². The number of amides is 4. The van der Waals surface area contributed by atoms with E-state index in [1.165, 1.54) is 7.11 Å². The molecule has 0 radical (unpaired) electrons. The maximum atomic E-state index is 14.5. The summed E-state index contributed by atoms with van der Waals surface area (Å²) in [6, 6.07) is 13.6. The Hall–Kier alpha value is -4.75. The number of urea groups is 1. The number of piperidine rings is 1. The third kappa shape index (κ3) is 9.64. The van der Waals surface area contributed by atoms with Gasteiger partial charge in [0.15, 0.2) is 11.5 Å². The number of anilines is 1. The number of rotatable bonds is 15. The van der Waals surface area contributed by atoms with Gasteiger partial charge < -0.3 is 35.5 Å². The number of benzene rings is 3. The second kappa shape index (κ2) is 17.4. The normalized spacial score (nSPS) is 13.5. The van der Waals surface area contributed by atoms with E-state index >= 15 is 0 Å². The van der Waals surface area contributed by atoms with Crippen molar-refractivity contribution in [3.05, 3.63) is 82.9 Å². The van der Waals surface area contributed by atoms with E-state index in [-0.39, 0.29) is 17.6 Å². The van der Waals surface area contributed by atoms with E-state index in [0.717, 1.165) is 50.4 Å². The summed E-state index contributed by atoms with van der Waals surface area (Å²) < 4.78 is 44.9. The molecule has 258 valence electrons. The summed E-state index contributed by atoms with van der Waals surface area (Å²) in [5.74, 6) is -1.82. The molecule has 0 saturated carbocycles. The van der Waals surface area contributed by atoms with E-state index < -0.39 is 29.1 Å². The molecule has 48 heavy (non-hydrogen) atoms. The molecule has 13 heteroatoms. The zero-order chi connectivity index (χ0) is 34.6. The predicted molar refractivity (Wildman–Crippen MR) is 178 cm³/mol. The second-order valence-corrected chi connectivity index (χ2v) is 11.5. The molecule has 1 aliphatic rings. The SMILES string of the molecule is CCCCN(C(=O)Nc1cc(C(N)=O)c(F)cc1F)C1CCN(Cc2ccc(Oc3ccc(C(=O)NCCOC)cc3OC)cc2)CC1. The van der Waals surface area contributed by atoms with Crippen molar-refractivity contribution >= 4 is 23.5 Å². The Morgan fingerprint density at radius 1 is 0.979 bits per heavy atom. The van der Waals surface area contributed by atoms with E-state index in [0.29, 0.717) is 55.1 Å². The number of likely N-dealkylation sites (tertiary alicyclic amines) is 1. The van der Waals surface area contributed by atoms with Crippen LogP contribution >= 0.6 is 0 Å². The van der Waals surface area contributed by atoms with Gasteiger partial charge in [0.2, 0.25) is 0 Å². The number of nitrogens with zero attached hydrogens (tertiary/aromatic N) is 2. The average Bonchev–Trinajstić information content (AvgIpc) is 3.07. The van der Waals surface area contributed by atoms with Crippen molar-refractivity contribution < 1.29 is 37.4 Å². The second-order valence-electron chi connectivity index (χ2n) is 11.5. The lowest BCUT2D eigenvalue weighted by atomic mass is 10.0. The molecule has 3 aromatic rings. The fourth-order valence-electron chi connectivity index (χ4n) is 5.50. The fourth-order valence-corrected chi connectivity index (χ4v) is 5.50. The van der Waals surface area contributed by atoms with Crippen LogP contribution in [-0.4, -0.2) is 80.7 Å². The lowest BCUT2D eigenvalue weighted by Crippen LogP contribution is -2.49. The zero-order valence-electron chi connectivity index (χ0n) is 27.5. The molecule has 0 spiro atoms. The van der Waals surface area contributed by atoms with Gasteiger partial charge in [-0.2, -0.15) is 0 Å². The smallest absolute Gasteiger partial charge is 0.322 e. The van der Waals surface area contributed by atoms with Crippen LogP contribution in [0.5, 0.6) is 17.2 Å². The Balaban J connectivity index is 1.32. The molecule has 4 rings (SSSR count). The molecule has 1 aliphatic heterocycles. The number of primary amides is 1. The summed E-state index contributed by atoms with van der Waals surface area (Å²) in [5.41, 5.74) is 5.95. The monoisotopic (exact) mass is 667 g/mol. The fraction of sp³-hybridized carbons (Fsp3) is 0.400. The Morgan fingerprint density at radius 3 is 2.35 bits per heavy atom.